The van der Waals surface area contributed by atoms with E-state index >= 15 is 0 Å². The molecule has 1 aromatic heterocycles. The molecule has 110 valence electrons. The van der Waals surface area contributed by atoms with Crippen molar-refractivity contribution in [3.63, 3.8) is 0 Å². The fourth-order valence-corrected chi connectivity index (χ4v) is 2.41. The zero-order valence-corrected chi connectivity index (χ0v) is 12.6. The molecule has 0 aliphatic carbocycles. The second-order valence-electron chi connectivity index (χ2n) is 4.57. The van der Waals surface area contributed by atoms with E-state index in [1.165, 1.54) is 12.1 Å². The van der Waals surface area contributed by atoms with E-state index in [1.807, 2.05) is 18.4 Å². The molecule has 3 aromatic rings. The highest BCUT2D eigenvalue weighted by molar-refractivity contribution is 7.98. The van der Waals surface area contributed by atoms with Gasteiger partial charge in [0.05, 0.1) is 5.56 Å². The Balaban J connectivity index is 1.85. The van der Waals surface area contributed by atoms with Gasteiger partial charge in [0.2, 0.25) is 0 Å². The van der Waals surface area contributed by atoms with E-state index in [4.69, 9.17) is 9.15 Å². The predicted molar refractivity (Wildman–Crippen MR) is 85.7 cm³/mol. The number of hydrogen-bond donors (Lipinski definition) is 0. The van der Waals surface area contributed by atoms with Crippen LogP contribution in [-0.2, 0) is 0 Å². The summed E-state index contributed by atoms with van der Waals surface area (Å²) in [6.45, 7) is 0. The standard InChI is InChI=1S/C17H12O4S/c1-22-14-7-3-12(4-8-14)17(19)20-13-6-2-11-5-9-16(18)21-15(11)10-13/h2-10H,1H3. The number of hydrogen-bond acceptors (Lipinski definition) is 5. The molecule has 0 aliphatic heterocycles. The number of carbonyl (C=O) groups is 1. The average Bonchev–Trinajstić information content (AvgIpc) is 2.54. The van der Waals surface area contributed by atoms with E-state index in [0.717, 1.165) is 10.3 Å². The molecule has 0 bridgehead atoms. The molecule has 0 atom stereocenters. The van der Waals surface area contributed by atoms with Crippen LogP contribution in [0.1, 0.15) is 10.4 Å². The Morgan fingerprint density at radius 1 is 1.05 bits per heavy atom. The first-order valence-electron chi connectivity index (χ1n) is 6.56. The topological polar surface area (TPSA) is 56.5 Å². The third kappa shape index (κ3) is 3.04. The molecule has 3 rings (SSSR count). The van der Waals surface area contributed by atoms with Gasteiger partial charge in [-0.25, -0.2) is 9.59 Å². The fourth-order valence-electron chi connectivity index (χ4n) is 2.00. The molecule has 0 spiro atoms. The summed E-state index contributed by atoms with van der Waals surface area (Å²) in [5.74, 6) is -0.119. The molecule has 0 N–H and O–H groups in total. The van der Waals surface area contributed by atoms with Crippen molar-refractivity contribution in [3.8, 4) is 5.75 Å². The van der Waals surface area contributed by atoms with Crippen molar-refractivity contribution in [1.82, 2.24) is 0 Å². The molecule has 4 nitrogen and oxygen atoms in total. The third-order valence-corrected chi connectivity index (χ3v) is 3.87. The Morgan fingerprint density at radius 3 is 2.50 bits per heavy atom. The lowest BCUT2D eigenvalue weighted by atomic mass is 10.2. The Kier molecular flexibility index (Phi) is 3.98. The van der Waals surface area contributed by atoms with Crippen LogP contribution in [0.25, 0.3) is 11.0 Å². The SMILES string of the molecule is CSc1ccc(C(=O)Oc2ccc3ccc(=O)oc3c2)cc1. The van der Waals surface area contributed by atoms with Gasteiger partial charge in [0.1, 0.15) is 11.3 Å². The molecule has 0 saturated heterocycles. The molecule has 5 heteroatoms. The lowest BCUT2D eigenvalue weighted by molar-refractivity contribution is 0.0735. The van der Waals surface area contributed by atoms with Gasteiger partial charge in [0.25, 0.3) is 0 Å². The van der Waals surface area contributed by atoms with E-state index in [-0.39, 0.29) is 0 Å². The minimum Gasteiger partial charge on any atom is -0.423 e. The molecule has 0 aliphatic rings. The second-order valence-corrected chi connectivity index (χ2v) is 5.45. The van der Waals surface area contributed by atoms with E-state index in [9.17, 15) is 9.59 Å². The summed E-state index contributed by atoms with van der Waals surface area (Å²) < 4.78 is 10.4. The molecule has 0 radical (unpaired) electrons. The Morgan fingerprint density at radius 2 is 1.77 bits per heavy atom. The lowest BCUT2D eigenvalue weighted by Crippen LogP contribution is -2.08. The van der Waals surface area contributed by atoms with Gasteiger partial charge in [-0.3, -0.25) is 0 Å². The summed E-state index contributed by atoms with van der Waals surface area (Å²) in [6.07, 6.45) is 1.97. The maximum Gasteiger partial charge on any atom is 0.343 e. The van der Waals surface area contributed by atoms with Crippen LogP contribution in [-0.4, -0.2) is 12.2 Å². The van der Waals surface area contributed by atoms with Crippen molar-refractivity contribution in [2.45, 2.75) is 4.90 Å². The number of benzene rings is 2. The van der Waals surface area contributed by atoms with Gasteiger partial charge in [-0.1, -0.05) is 0 Å². The number of esters is 1. The van der Waals surface area contributed by atoms with Crippen molar-refractivity contribution in [2.24, 2.45) is 0 Å². The molecule has 0 fully saturated rings. The summed E-state index contributed by atoms with van der Waals surface area (Å²) in [4.78, 5) is 24.4. The summed E-state index contributed by atoms with van der Waals surface area (Å²) in [5.41, 5.74) is 0.409. The first-order valence-corrected chi connectivity index (χ1v) is 7.78. The number of thioether (sulfide) groups is 1. The molecular formula is C17H12O4S. The highest BCUT2D eigenvalue weighted by atomic mass is 32.2. The normalized spacial score (nSPS) is 10.6. The van der Waals surface area contributed by atoms with Crippen LogP contribution in [0.2, 0.25) is 0 Å². The number of carbonyl (C=O) groups excluding carboxylic acids is 1. The Bertz CT molecular complexity index is 881. The van der Waals surface area contributed by atoms with Crippen molar-refractivity contribution in [3.05, 3.63) is 70.6 Å². The lowest BCUT2D eigenvalue weighted by Gasteiger charge is -2.05. The Hall–Kier alpha value is -2.53. The van der Waals surface area contributed by atoms with Gasteiger partial charge >= 0.3 is 11.6 Å². The zero-order chi connectivity index (χ0) is 15.5. The summed E-state index contributed by atoms with van der Waals surface area (Å²) in [6, 6.07) is 15.1. The van der Waals surface area contributed by atoms with Crippen LogP contribution in [0.4, 0.5) is 0 Å². The molecule has 2 aromatic carbocycles. The molecule has 0 saturated carbocycles. The minimum absolute atomic E-state index is 0.334. The van der Waals surface area contributed by atoms with Crippen molar-refractivity contribution >= 4 is 28.7 Å². The molecule has 0 unspecified atom stereocenters. The summed E-state index contributed by atoms with van der Waals surface area (Å²) >= 11 is 1.60. The van der Waals surface area contributed by atoms with E-state index in [0.29, 0.717) is 16.9 Å². The maximum absolute atomic E-state index is 12.1. The Labute approximate surface area is 130 Å². The average molecular weight is 312 g/mol. The van der Waals surface area contributed by atoms with Crippen LogP contribution >= 0.6 is 11.8 Å². The number of fused-ring (bicyclic) bond motifs is 1. The third-order valence-electron chi connectivity index (χ3n) is 3.13. The monoisotopic (exact) mass is 312 g/mol. The number of ether oxygens (including phenoxy) is 1. The van der Waals surface area contributed by atoms with E-state index in [2.05, 4.69) is 0 Å². The van der Waals surface area contributed by atoms with Crippen molar-refractivity contribution in [1.29, 1.82) is 0 Å². The van der Waals surface area contributed by atoms with Crippen LogP contribution in [0.3, 0.4) is 0 Å². The van der Waals surface area contributed by atoms with Gasteiger partial charge in [-0.05, 0) is 48.7 Å². The fraction of sp³-hybridized carbons (Fsp3) is 0.0588. The first-order chi connectivity index (χ1) is 10.7. The van der Waals surface area contributed by atoms with Gasteiger partial charge in [0, 0.05) is 22.4 Å². The predicted octanol–water partition coefficient (Wildman–Crippen LogP) is 3.73. The van der Waals surface area contributed by atoms with Crippen LogP contribution < -0.4 is 10.4 Å². The molecular weight excluding hydrogens is 300 g/mol. The largest absolute Gasteiger partial charge is 0.423 e. The molecule has 0 amide bonds. The zero-order valence-electron chi connectivity index (χ0n) is 11.7. The van der Waals surface area contributed by atoms with Crippen molar-refractivity contribution < 1.29 is 13.9 Å². The van der Waals surface area contributed by atoms with Crippen molar-refractivity contribution in [2.75, 3.05) is 6.26 Å². The second kappa shape index (κ2) is 6.07. The van der Waals surface area contributed by atoms with Gasteiger partial charge in [-0.2, -0.15) is 0 Å². The van der Waals surface area contributed by atoms with Crippen LogP contribution in [0.5, 0.6) is 5.75 Å². The van der Waals surface area contributed by atoms with E-state index < -0.39 is 11.6 Å². The minimum atomic E-state index is -0.453. The number of rotatable bonds is 3. The van der Waals surface area contributed by atoms with Crippen LogP contribution in [0, 0.1) is 0 Å². The summed E-state index contributed by atoms with van der Waals surface area (Å²) in [7, 11) is 0. The molecule has 1 heterocycles. The highest BCUT2D eigenvalue weighted by Crippen LogP contribution is 2.21. The smallest absolute Gasteiger partial charge is 0.343 e. The highest BCUT2D eigenvalue weighted by Gasteiger charge is 2.09. The van der Waals surface area contributed by atoms with Gasteiger partial charge < -0.3 is 9.15 Å². The quantitative estimate of drug-likeness (QED) is 0.319. The molecule has 22 heavy (non-hydrogen) atoms. The first kappa shape index (κ1) is 14.4. The van der Waals surface area contributed by atoms with Gasteiger partial charge in [-0.15, -0.1) is 11.8 Å². The maximum atomic E-state index is 12.1. The van der Waals surface area contributed by atoms with Gasteiger partial charge in [0.15, 0.2) is 0 Å². The summed E-state index contributed by atoms with van der Waals surface area (Å²) in [5, 5.41) is 0.767. The van der Waals surface area contributed by atoms with E-state index in [1.54, 1.807) is 42.1 Å². The van der Waals surface area contributed by atoms with Crippen LogP contribution in [0.15, 0.2) is 68.7 Å².